The van der Waals surface area contributed by atoms with Crippen molar-refractivity contribution in [3.8, 4) is 0 Å². The molecule has 0 radical (unpaired) electrons. The molecule has 142 valence electrons. The van der Waals surface area contributed by atoms with Crippen LogP contribution in [0.5, 0.6) is 0 Å². The first-order valence-electron chi connectivity index (χ1n) is 9.59. The Kier molecular flexibility index (Phi) is 7.46. The molecule has 0 aromatic heterocycles. The summed E-state index contributed by atoms with van der Waals surface area (Å²) in [7, 11) is 0. The second-order valence-corrected chi connectivity index (χ2v) is 7.63. The molecule has 5 N–H and O–H groups in total. The van der Waals surface area contributed by atoms with Gasteiger partial charge < -0.3 is 25.5 Å². The summed E-state index contributed by atoms with van der Waals surface area (Å²) >= 11 is 0. The number of likely N-dealkylation sites (tertiary alicyclic amines) is 1. The summed E-state index contributed by atoms with van der Waals surface area (Å²) < 4.78 is 0. The van der Waals surface area contributed by atoms with E-state index in [0.717, 1.165) is 44.9 Å². The van der Waals surface area contributed by atoms with E-state index in [9.17, 15) is 25.5 Å². The molecule has 0 bridgehead atoms. The molecule has 0 aromatic rings. The van der Waals surface area contributed by atoms with Gasteiger partial charge in [-0.1, -0.05) is 45.4 Å². The van der Waals surface area contributed by atoms with E-state index >= 15 is 0 Å². The van der Waals surface area contributed by atoms with Crippen LogP contribution in [0.4, 0.5) is 0 Å². The van der Waals surface area contributed by atoms with Gasteiger partial charge in [-0.2, -0.15) is 0 Å². The standard InChI is InChI=1S/C18H35NO5/c1-2-3-4-8-11-19-13(12-20)14(21)15(22)16(23)17(19)18(24)9-6-5-7-10-18/h13-17,20-24H,2-12H2,1H3/t13-,14-,15+,16-,17?/m1/s1. The van der Waals surface area contributed by atoms with Crippen molar-refractivity contribution in [1.29, 1.82) is 0 Å². The van der Waals surface area contributed by atoms with Gasteiger partial charge in [0.1, 0.15) is 18.3 Å². The lowest BCUT2D eigenvalue weighted by Crippen LogP contribution is -2.73. The van der Waals surface area contributed by atoms with Crippen LogP contribution in [-0.2, 0) is 0 Å². The third-order valence-corrected chi connectivity index (χ3v) is 5.93. The SMILES string of the molecule is CCCCCCN1C(C2(O)CCCCC2)[C@H](O)[C@@H](O)[C@H](O)[C@H]1CO. The Morgan fingerprint density at radius 3 is 2.17 bits per heavy atom. The van der Waals surface area contributed by atoms with E-state index in [4.69, 9.17) is 0 Å². The summed E-state index contributed by atoms with van der Waals surface area (Å²) in [6.45, 7) is 2.43. The summed E-state index contributed by atoms with van der Waals surface area (Å²) in [5.41, 5.74) is -1.07. The zero-order valence-electron chi connectivity index (χ0n) is 14.8. The fourth-order valence-corrected chi connectivity index (χ4v) is 4.54. The van der Waals surface area contributed by atoms with Gasteiger partial charge in [0.15, 0.2) is 0 Å². The molecule has 1 aliphatic carbocycles. The lowest BCUT2D eigenvalue weighted by atomic mass is 9.72. The summed E-state index contributed by atoms with van der Waals surface area (Å²) in [6.07, 6.45) is 4.40. The van der Waals surface area contributed by atoms with Crippen molar-refractivity contribution in [2.75, 3.05) is 13.2 Å². The second-order valence-electron chi connectivity index (χ2n) is 7.63. The third-order valence-electron chi connectivity index (χ3n) is 5.93. The normalized spacial score (nSPS) is 37.5. The molecule has 0 spiro atoms. The highest BCUT2D eigenvalue weighted by molar-refractivity contribution is 5.08. The van der Waals surface area contributed by atoms with Crippen LogP contribution in [0.3, 0.4) is 0 Å². The maximum absolute atomic E-state index is 11.2. The molecule has 1 heterocycles. The van der Waals surface area contributed by atoms with Crippen molar-refractivity contribution in [2.45, 2.75) is 101 Å². The molecule has 1 unspecified atom stereocenters. The van der Waals surface area contributed by atoms with Crippen molar-refractivity contribution < 1.29 is 25.5 Å². The molecule has 2 fully saturated rings. The Hall–Kier alpha value is -0.240. The minimum Gasteiger partial charge on any atom is -0.395 e. The van der Waals surface area contributed by atoms with E-state index < -0.39 is 36.0 Å². The summed E-state index contributed by atoms with van der Waals surface area (Å²) in [5, 5.41) is 52.1. The van der Waals surface area contributed by atoms with E-state index in [0.29, 0.717) is 19.4 Å². The van der Waals surface area contributed by atoms with Gasteiger partial charge in [-0.25, -0.2) is 0 Å². The minimum atomic E-state index is -1.34. The Morgan fingerprint density at radius 2 is 1.58 bits per heavy atom. The topological polar surface area (TPSA) is 104 Å². The molecule has 2 rings (SSSR count). The fraction of sp³-hybridized carbons (Fsp3) is 1.00. The fourth-order valence-electron chi connectivity index (χ4n) is 4.54. The Bertz CT molecular complexity index is 374. The molecular formula is C18H35NO5. The number of aliphatic hydroxyl groups excluding tert-OH is 4. The molecule has 24 heavy (non-hydrogen) atoms. The van der Waals surface area contributed by atoms with Crippen LogP contribution in [0.15, 0.2) is 0 Å². The first-order chi connectivity index (χ1) is 11.5. The lowest BCUT2D eigenvalue weighted by Gasteiger charge is -2.55. The number of hydrogen-bond acceptors (Lipinski definition) is 6. The highest BCUT2D eigenvalue weighted by Gasteiger charge is 2.54. The smallest absolute Gasteiger partial charge is 0.109 e. The molecule has 1 saturated heterocycles. The quantitative estimate of drug-likeness (QED) is 0.428. The van der Waals surface area contributed by atoms with Gasteiger partial charge in [0.05, 0.1) is 24.3 Å². The monoisotopic (exact) mass is 345 g/mol. The van der Waals surface area contributed by atoms with Crippen LogP contribution in [0.2, 0.25) is 0 Å². The van der Waals surface area contributed by atoms with Crippen molar-refractivity contribution in [2.24, 2.45) is 0 Å². The first kappa shape index (κ1) is 20.1. The maximum atomic E-state index is 11.2. The van der Waals surface area contributed by atoms with E-state index in [2.05, 4.69) is 6.92 Å². The average Bonchev–Trinajstić information content (AvgIpc) is 2.57. The predicted octanol–water partition coefficient (Wildman–Crippen LogP) is 0.390. The van der Waals surface area contributed by atoms with Gasteiger partial charge in [-0.3, -0.25) is 4.90 Å². The first-order valence-corrected chi connectivity index (χ1v) is 9.59. The predicted molar refractivity (Wildman–Crippen MR) is 91.6 cm³/mol. The molecule has 2 aliphatic rings. The lowest BCUT2D eigenvalue weighted by molar-refractivity contribution is -0.217. The van der Waals surface area contributed by atoms with Crippen LogP contribution in [0.25, 0.3) is 0 Å². The molecular weight excluding hydrogens is 310 g/mol. The van der Waals surface area contributed by atoms with Crippen LogP contribution in [-0.4, -0.2) is 79.6 Å². The molecule has 0 amide bonds. The van der Waals surface area contributed by atoms with E-state index in [1.54, 1.807) is 0 Å². The molecule has 5 atom stereocenters. The average molecular weight is 345 g/mol. The van der Waals surface area contributed by atoms with E-state index in [1.165, 1.54) is 0 Å². The Morgan fingerprint density at radius 1 is 0.917 bits per heavy atom. The summed E-state index contributed by atoms with van der Waals surface area (Å²) in [4.78, 5) is 1.86. The summed E-state index contributed by atoms with van der Waals surface area (Å²) in [5.74, 6) is 0. The second kappa shape index (κ2) is 8.92. The highest BCUT2D eigenvalue weighted by Crippen LogP contribution is 2.39. The van der Waals surface area contributed by atoms with E-state index in [1.807, 2.05) is 4.90 Å². The zero-order valence-corrected chi connectivity index (χ0v) is 14.8. The number of rotatable bonds is 7. The highest BCUT2D eigenvalue weighted by atomic mass is 16.4. The number of hydrogen-bond donors (Lipinski definition) is 5. The van der Waals surface area contributed by atoms with Gasteiger partial charge in [-0.15, -0.1) is 0 Å². The van der Waals surface area contributed by atoms with Crippen molar-refractivity contribution in [1.82, 2.24) is 4.90 Å². The van der Waals surface area contributed by atoms with Crippen LogP contribution in [0, 0.1) is 0 Å². The van der Waals surface area contributed by atoms with Crippen LogP contribution >= 0.6 is 0 Å². The summed E-state index contributed by atoms with van der Waals surface area (Å²) in [6, 6.07) is -1.30. The molecule has 1 saturated carbocycles. The molecule has 6 heteroatoms. The number of aliphatic hydroxyl groups is 5. The van der Waals surface area contributed by atoms with E-state index in [-0.39, 0.29) is 6.61 Å². The van der Waals surface area contributed by atoms with Gasteiger partial charge >= 0.3 is 0 Å². The molecule has 1 aliphatic heterocycles. The third kappa shape index (κ3) is 4.11. The van der Waals surface area contributed by atoms with Crippen LogP contribution < -0.4 is 0 Å². The largest absolute Gasteiger partial charge is 0.395 e. The molecule has 0 aromatic carbocycles. The minimum absolute atomic E-state index is 0.300. The van der Waals surface area contributed by atoms with Crippen molar-refractivity contribution in [3.05, 3.63) is 0 Å². The molecule has 6 nitrogen and oxygen atoms in total. The van der Waals surface area contributed by atoms with Crippen molar-refractivity contribution >= 4 is 0 Å². The number of unbranched alkanes of at least 4 members (excludes halogenated alkanes) is 3. The Labute approximate surface area is 145 Å². The van der Waals surface area contributed by atoms with Gasteiger partial charge in [0.25, 0.3) is 0 Å². The van der Waals surface area contributed by atoms with Gasteiger partial charge in [0.2, 0.25) is 0 Å². The van der Waals surface area contributed by atoms with Gasteiger partial charge in [0, 0.05) is 0 Å². The Balaban J connectivity index is 2.22. The maximum Gasteiger partial charge on any atom is 0.109 e. The number of piperidine rings is 1. The number of nitrogens with zero attached hydrogens (tertiary/aromatic N) is 1. The van der Waals surface area contributed by atoms with Crippen molar-refractivity contribution in [3.63, 3.8) is 0 Å². The van der Waals surface area contributed by atoms with Gasteiger partial charge in [-0.05, 0) is 25.8 Å². The van der Waals surface area contributed by atoms with Crippen LogP contribution in [0.1, 0.15) is 64.7 Å². The zero-order chi connectivity index (χ0) is 17.7.